The van der Waals surface area contributed by atoms with E-state index in [1.54, 1.807) is 12.1 Å². The summed E-state index contributed by atoms with van der Waals surface area (Å²) in [5.74, 6) is 0.311. The first-order chi connectivity index (χ1) is 7.27. The molecule has 1 saturated heterocycles. The molecule has 0 spiro atoms. The first-order valence-electron chi connectivity index (χ1n) is 5.32. The summed E-state index contributed by atoms with van der Waals surface area (Å²) < 4.78 is 5.11. The molecular formula is C11H14ClNO2. The van der Waals surface area contributed by atoms with Crippen LogP contribution < -0.4 is 0 Å². The molecule has 0 saturated carbocycles. The van der Waals surface area contributed by atoms with Gasteiger partial charge in [-0.1, -0.05) is 12.8 Å². The van der Waals surface area contributed by atoms with Gasteiger partial charge in [0.15, 0.2) is 11.0 Å². The highest BCUT2D eigenvalue weighted by atomic mass is 35.5. The van der Waals surface area contributed by atoms with E-state index in [2.05, 4.69) is 0 Å². The Morgan fingerprint density at radius 1 is 1.20 bits per heavy atom. The van der Waals surface area contributed by atoms with Crippen molar-refractivity contribution in [3.8, 4) is 0 Å². The van der Waals surface area contributed by atoms with Crippen LogP contribution in [0.5, 0.6) is 0 Å². The number of hydrogen-bond donors (Lipinski definition) is 0. The Morgan fingerprint density at radius 2 is 1.87 bits per heavy atom. The molecular weight excluding hydrogens is 214 g/mol. The zero-order chi connectivity index (χ0) is 10.7. The second-order valence-electron chi connectivity index (χ2n) is 3.81. The Hall–Kier alpha value is -0.960. The first kappa shape index (κ1) is 10.6. The Balaban J connectivity index is 2.06. The fraction of sp³-hybridized carbons (Fsp3) is 0.545. The lowest BCUT2D eigenvalue weighted by Crippen LogP contribution is -2.31. The lowest BCUT2D eigenvalue weighted by Gasteiger charge is -2.18. The van der Waals surface area contributed by atoms with E-state index in [9.17, 15) is 4.79 Å². The second kappa shape index (κ2) is 4.71. The fourth-order valence-electron chi connectivity index (χ4n) is 1.86. The molecule has 4 heteroatoms. The van der Waals surface area contributed by atoms with Crippen LogP contribution in [0.25, 0.3) is 0 Å². The van der Waals surface area contributed by atoms with Gasteiger partial charge < -0.3 is 9.32 Å². The molecule has 1 aromatic heterocycles. The predicted octanol–water partition coefficient (Wildman–Crippen LogP) is 2.95. The summed E-state index contributed by atoms with van der Waals surface area (Å²) in [6.45, 7) is 1.66. The van der Waals surface area contributed by atoms with E-state index in [1.165, 1.54) is 12.8 Å². The topological polar surface area (TPSA) is 33.5 Å². The van der Waals surface area contributed by atoms with Gasteiger partial charge in [-0.25, -0.2) is 0 Å². The molecule has 0 atom stereocenters. The number of carbonyl (C=O) groups is 1. The van der Waals surface area contributed by atoms with Crippen LogP contribution in [0.4, 0.5) is 0 Å². The molecule has 0 radical (unpaired) electrons. The van der Waals surface area contributed by atoms with Gasteiger partial charge in [0.1, 0.15) is 0 Å². The van der Waals surface area contributed by atoms with E-state index in [1.807, 2.05) is 4.90 Å². The highest BCUT2D eigenvalue weighted by molar-refractivity contribution is 6.29. The maximum Gasteiger partial charge on any atom is 0.289 e. The van der Waals surface area contributed by atoms with Crippen LogP contribution >= 0.6 is 11.6 Å². The highest BCUT2D eigenvalue weighted by Crippen LogP contribution is 2.17. The maximum absolute atomic E-state index is 11.9. The van der Waals surface area contributed by atoms with Crippen LogP contribution in [0.15, 0.2) is 16.5 Å². The van der Waals surface area contributed by atoms with Gasteiger partial charge in [0.05, 0.1) is 0 Å². The summed E-state index contributed by atoms with van der Waals surface area (Å²) in [4.78, 5) is 13.8. The van der Waals surface area contributed by atoms with E-state index < -0.39 is 0 Å². The van der Waals surface area contributed by atoms with Gasteiger partial charge in [-0.3, -0.25) is 4.79 Å². The number of likely N-dealkylation sites (tertiary alicyclic amines) is 1. The molecule has 1 aliphatic rings. The number of carbonyl (C=O) groups excluding carboxylic acids is 1. The Labute approximate surface area is 94.0 Å². The van der Waals surface area contributed by atoms with Crippen molar-refractivity contribution in [1.29, 1.82) is 0 Å². The van der Waals surface area contributed by atoms with Crippen molar-refractivity contribution in [2.24, 2.45) is 0 Å². The second-order valence-corrected chi connectivity index (χ2v) is 4.18. The van der Waals surface area contributed by atoms with E-state index in [0.29, 0.717) is 5.76 Å². The molecule has 1 aromatic rings. The smallest absolute Gasteiger partial charge is 0.289 e. The van der Waals surface area contributed by atoms with Gasteiger partial charge in [-0.15, -0.1) is 0 Å². The first-order valence-corrected chi connectivity index (χ1v) is 5.70. The molecule has 15 heavy (non-hydrogen) atoms. The molecule has 82 valence electrons. The number of hydrogen-bond acceptors (Lipinski definition) is 2. The van der Waals surface area contributed by atoms with Crippen molar-refractivity contribution in [3.05, 3.63) is 23.1 Å². The summed E-state index contributed by atoms with van der Waals surface area (Å²) in [5.41, 5.74) is 0. The predicted molar refractivity (Wildman–Crippen MR) is 58.1 cm³/mol. The maximum atomic E-state index is 11.9. The summed E-state index contributed by atoms with van der Waals surface area (Å²) in [6.07, 6.45) is 4.59. The van der Waals surface area contributed by atoms with Crippen LogP contribution in [-0.4, -0.2) is 23.9 Å². The normalized spacial score (nSPS) is 17.5. The van der Waals surface area contributed by atoms with Gasteiger partial charge in [0, 0.05) is 13.1 Å². The van der Waals surface area contributed by atoms with Crippen molar-refractivity contribution >= 4 is 17.5 Å². The number of furan rings is 1. The SMILES string of the molecule is O=C(c1ccc(Cl)o1)N1CCCCCC1. The molecule has 1 aliphatic heterocycles. The van der Waals surface area contributed by atoms with E-state index in [-0.39, 0.29) is 11.1 Å². The summed E-state index contributed by atoms with van der Waals surface area (Å²) in [6, 6.07) is 3.24. The molecule has 3 nitrogen and oxygen atoms in total. The minimum atomic E-state index is -0.0381. The minimum Gasteiger partial charge on any atom is -0.440 e. The van der Waals surface area contributed by atoms with Crippen molar-refractivity contribution < 1.29 is 9.21 Å². The molecule has 0 bridgehead atoms. The number of rotatable bonds is 1. The molecule has 0 N–H and O–H groups in total. The quantitative estimate of drug-likeness (QED) is 0.739. The van der Waals surface area contributed by atoms with Crippen LogP contribution in [0.3, 0.4) is 0 Å². The largest absolute Gasteiger partial charge is 0.440 e. The summed E-state index contributed by atoms with van der Waals surface area (Å²) in [5, 5.41) is 0.271. The zero-order valence-corrected chi connectivity index (χ0v) is 9.29. The van der Waals surface area contributed by atoms with E-state index in [0.717, 1.165) is 25.9 Å². The average molecular weight is 228 g/mol. The Bertz CT molecular complexity index is 340. The highest BCUT2D eigenvalue weighted by Gasteiger charge is 2.19. The summed E-state index contributed by atoms with van der Waals surface area (Å²) >= 11 is 5.64. The molecule has 0 unspecified atom stereocenters. The van der Waals surface area contributed by atoms with E-state index >= 15 is 0 Å². The van der Waals surface area contributed by atoms with E-state index in [4.69, 9.17) is 16.0 Å². The molecule has 2 rings (SSSR count). The van der Waals surface area contributed by atoms with Crippen LogP contribution in [0.2, 0.25) is 5.22 Å². The van der Waals surface area contributed by atoms with Gasteiger partial charge in [-0.05, 0) is 36.6 Å². The van der Waals surface area contributed by atoms with Crippen molar-refractivity contribution in [2.75, 3.05) is 13.1 Å². The van der Waals surface area contributed by atoms with Crippen LogP contribution in [-0.2, 0) is 0 Å². The number of halogens is 1. The van der Waals surface area contributed by atoms with Crippen molar-refractivity contribution in [3.63, 3.8) is 0 Å². The minimum absolute atomic E-state index is 0.0381. The zero-order valence-electron chi connectivity index (χ0n) is 8.54. The average Bonchev–Trinajstić information content (AvgIpc) is 2.53. The lowest BCUT2D eigenvalue weighted by molar-refractivity contribution is 0.0730. The van der Waals surface area contributed by atoms with Crippen molar-refractivity contribution in [2.45, 2.75) is 25.7 Å². The third-order valence-corrected chi connectivity index (χ3v) is 2.88. The standard InChI is InChI=1S/C11H14ClNO2/c12-10-6-5-9(15-10)11(14)13-7-3-1-2-4-8-13/h5-6H,1-4,7-8H2. The van der Waals surface area contributed by atoms with Gasteiger partial charge >= 0.3 is 0 Å². The third-order valence-electron chi connectivity index (χ3n) is 2.68. The Morgan fingerprint density at radius 3 is 2.40 bits per heavy atom. The van der Waals surface area contributed by atoms with Gasteiger partial charge in [-0.2, -0.15) is 0 Å². The van der Waals surface area contributed by atoms with Crippen molar-refractivity contribution in [1.82, 2.24) is 4.90 Å². The van der Waals surface area contributed by atoms with Crippen LogP contribution in [0, 0.1) is 0 Å². The third kappa shape index (κ3) is 2.53. The molecule has 1 fully saturated rings. The fourth-order valence-corrected chi connectivity index (χ4v) is 2.00. The van der Waals surface area contributed by atoms with Gasteiger partial charge in [0.2, 0.25) is 0 Å². The lowest BCUT2D eigenvalue weighted by atomic mass is 10.2. The molecule has 2 heterocycles. The summed E-state index contributed by atoms with van der Waals surface area (Å²) in [7, 11) is 0. The molecule has 0 aromatic carbocycles. The number of amides is 1. The Kier molecular flexibility index (Phi) is 3.31. The molecule has 0 aliphatic carbocycles. The monoisotopic (exact) mass is 227 g/mol. The van der Waals surface area contributed by atoms with Gasteiger partial charge in [0.25, 0.3) is 5.91 Å². The van der Waals surface area contributed by atoms with Crippen LogP contribution in [0.1, 0.15) is 36.2 Å². The number of nitrogens with zero attached hydrogens (tertiary/aromatic N) is 1. The molecule has 1 amide bonds.